The first-order valence-electron chi connectivity index (χ1n) is 9.29. The fraction of sp³-hybridized carbons (Fsp3) is 0.550. The second kappa shape index (κ2) is 8.62. The van der Waals surface area contributed by atoms with Crippen LogP contribution in [0.5, 0.6) is 5.88 Å². The number of hydrogen-bond donors (Lipinski definition) is 0. The zero-order chi connectivity index (χ0) is 18.5. The van der Waals surface area contributed by atoms with Crippen LogP contribution in [0.2, 0.25) is 0 Å². The third-order valence-electron chi connectivity index (χ3n) is 4.81. The second-order valence-electron chi connectivity index (χ2n) is 7.42. The summed E-state index contributed by atoms with van der Waals surface area (Å²) >= 11 is 0. The molecule has 0 bridgehead atoms. The monoisotopic (exact) mass is 363 g/mol. The van der Waals surface area contributed by atoms with Crippen LogP contribution in [-0.4, -0.2) is 28.8 Å². The molecule has 4 nitrogen and oxygen atoms in total. The Morgan fingerprint density at radius 2 is 1.92 bits per heavy atom. The third-order valence-corrected chi connectivity index (χ3v) is 4.81. The van der Waals surface area contributed by atoms with Gasteiger partial charge in [0.25, 0.3) is 0 Å². The number of nitrogens with zero attached hydrogens (tertiary/aromatic N) is 3. The van der Waals surface area contributed by atoms with Crippen LogP contribution in [0.3, 0.4) is 0 Å². The Bertz CT molecular complexity index is 724. The summed E-state index contributed by atoms with van der Waals surface area (Å²) in [4.78, 5) is 2.04. The minimum absolute atomic E-state index is 0.0125. The topological polar surface area (TPSA) is 30.3 Å². The number of rotatable bonds is 7. The second-order valence-corrected chi connectivity index (χ2v) is 7.42. The Labute approximate surface area is 153 Å². The standard InChI is InChI=1S/C20H27F2N3O/c1-24(2)13-18-11-20(25(23-18)12-15-6-4-3-5-7-15)26-14-16-10-17(21)8-9-19(16)22/h8-11,15H,3-7,12-14H2,1-2H3. The highest BCUT2D eigenvalue weighted by molar-refractivity contribution is 5.20. The maximum absolute atomic E-state index is 13.8. The number of benzene rings is 1. The van der Waals surface area contributed by atoms with Crippen LogP contribution >= 0.6 is 0 Å². The van der Waals surface area contributed by atoms with Gasteiger partial charge in [0.05, 0.1) is 5.69 Å². The molecule has 0 unspecified atom stereocenters. The minimum Gasteiger partial charge on any atom is -0.473 e. The van der Waals surface area contributed by atoms with Crippen molar-refractivity contribution < 1.29 is 13.5 Å². The van der Waals surface area contributed by atoms with E-state index < -0.39 is 11.6 Å². The van der Waals surface area contributed by atoms with E-state index in [-0.39, 0.29) is 12.2 Å². The Morgan fingerprint density at radius 1 is 1.15 bits per heavy atom. The van der Waals surface area contributed by atoms with Crippen molar-refractivity contribution in [2.24, 2.45) is 5.92 Å². The molecule has 0 radical (unpaired) electrons. The Kier molecular flexibility index (Phi) is 6.25. The predicted octanol–water partition coefficient (Wildman–Crippen LogP) is 4.38. The minimum atomic E-state index is -0.464. The molecular weight excluding hydrogens is 336 g/mol. The van der Waals surface area contributed by atoms with Gasteiger partial charge >= 0.3 is 0 Å². The molecule has 0 amide bonds. The average molecular weight is 363 g/mol. The molecule has 0 spiro atoms. The average Bonchev–Trinajstić information content (AvgIpc) is 2.97. The highest BCUT2D eigenvalue weighted by atomic mass is 19.1. The molecule has 1 saturated carbocycles. The molecule has 1 aliphatic rings. The maximum Gasteiger partial charge on any atom is 0.212 e. The Hall–Kier alpha value is -1.95. The molecular formula is C20H27F2N3O. The lowest BCUT2D eigenvalue weighted by Gasteiger charge is -2.22. The van der Waals surface area contributed by atoms with Gasteiger partial charge in [0.15, 0.2) is 0 Å². The van der Waals surface area contributed by atoms with E-state index in [1.165, 1.54) is 38.2 Å². The molecule has 3 rings (SSSR count). The van der Waals surface area contributed by atoms with Gasteiger partial charge in [0.1, 0.15) is 18.2 Å². The van der Waals surface area contributed by atoms with Gasteiger partial charge < -0.3 is 9.64 Å². The lowest BCUT2D eigenvalue weighted by molar-refractivity contribution is 0.241. The fourth-order valence-corrected chi connectivity index (χ4v) is 3.52. The summed E-state index contributed by atoms with van der Waals surface area (Å²) < 4.78 is 34.9. The lowest BCUT2D eigenvalue weighted by Crippen LogP contribution is -2.17. The summed E-state index contributed by atoms with van der Waals surface area (Å²) in [6, 6.07) is 5.32. The van der Waals surface area contributed by atoms with Crippen LogP contribution in [0, 0.1) is 17.6 Å². The lowest BCUT2D eigenvalue weighted by atomic mass is 9.89. The molecule has 0 saturated heterocycles. The van der Waals surface area contributed by atoms with Crippen molar-refractivity contribution in [1.29, 1.82) is 0 Å². The van der Waals surface area contributed by atoms with E-state index in [2.05, 4.69) is 5.10 Å². The Morgan fingerprint density at radius 3 is 2.65 bits per heavy atom. The molecule has 26 heavy (non-hydrogen) atoms. The van der Waals surface area contributed by atoms with Gasteiger partial charge in [-0.25, -0.2) is 13.5 Å². The van der Waals surface area contributed by atoms with E-state index in [0.29, 0.717) is 18.3 Å². The van der Waals surface area contributed by atoms with Crippen molar-refractivity contribution in [2.45, 2.75) is 51.8 Å². The normalized spacial score (nSPS) is 15.6. The van der Waals surface area contributed by atoms with Gasteiger partial charge in [0, 0.05) is 24.7 Å². The summed E-state index contributed by atoms with van der Waals surface area (Å²) in [7, 11) is 3.98. The molecule has 1 aromatic carbocycles. The molecule has 1 aliphatic carbocycles. The summed E-state index contributed by atoms with van der Waals surface area (Å²) in [6.07, 6.45) is 6.26. The smallest absolute Gasteiger partial charge is 0.212 e. The fourth-order valence-electron chi connectivity index (χ4n) is 3.52. The largest absolute Gasteiger partial charge is 0.473 e. The molecule has 2 aromatic rings. The SMILES string of the molecule is CN(C)Cc1cc(OCc2cc(F)ccc2F)n(CC2CCCCC2)n1. The molecule has 142 valence electrons. The van der Waals surface area contributed by atoms with Crippen LogP contribution in [0.4, 0.5) is 8.78 Å². The zero-order valence-electron chi connectivity index (χ0n) is 15.5. The van der Waals surface area contributed by atoms with Gasteiger partial charge in [-0.3, -0.25) is 0 Å². The zero-order valence-corrected chi connectivity index (χ0v) is 15.5. The van der Waals surface area contributed by atoms with Crippen LogP contribution in [0.25, 0.3) is 0 Å². The summed E-state index contributed by atoms with van der Waals surface area (Å²) in [6.45, 7) is 1.51. The molecule has 0 aliphatic heterocycles. The summed E-state index contributed by atoms with van der Waals surface area (Å²) in [5.41, 5.74) is 1.13. The molecule has 1 fully saturated rings. The number of halogens is 2. The van der Waals surface area contributed by atoms with Crippen molar-refractivity contribution >= 4 is 0 Å². The first kappa shape index (κ1) is 18.8. The van der Waals surface area contributed by atoms with Crippen LogP contribution < -0.4 is 4.74 Å². The van der Waals surface area contributed by atoms with E-state index in [0.717, 1.165) is 24.4 Å². The molecule has 6 heteroatoms. The predicted molar refractivity (Wildman–Crippen MR) is 96.9 cm³/mol. The summed E-state index contributed by atoms with van der Waals surface area (Å²) in [5, 5.41) is 4.68. The van der Waals surface area contributed by atoms with E-state index in [9.17, 15) is 8.78 Å². The van der Waals surface area contributed by atoms with Gasteiger partial charge in [-0.1, -0.05) is 19.3 Å². The van der Waals surface area contributed by atoms with Crippen molar-refractivity contribution in [1.82, 2.24) is 14.7 Å². The molecule has 1 aromatic heterocycles. The van der Waals surface area contributed by atoms with Crippen molar-refractivity contribution in [3.05, 3.63) is 47.2 Å². The van der Waals surface area contributed by atoms with Crippen molar-refractivity contribution in [3.8, 4) is 5.88 Å². The Balaban J connectivity index is 1.74. The van der Waals surface area contributed by atoms with Crippen molar-refractivity contribution in [2.75, 3.05) is 14.1 Å². The highest BCUT2D eigenvalue weighted by Crippen LogP contribution is 2.27. The molecule has 0 atom stereocenters. The van der Waals surface area contributed by atoms with Crippen LogP contribution in [0.1, 0.15) is 43.4 Å². The number of aromatic nitrogens is 2. The van der Waals surface area contributed by atoms with Gasteiger partial charge in [0.2, 0.25) is 5.88 Å². The molecule has 0 N–H and O–H groups in total. The van der Waals surface area contributed by atoms with Gasteiger partial charge in [-0.05, 0) is 51.1 Å². The van der Waals surface area contributed by atoms with Gasteiger partial charge in [-0.2, -0.15) is 5.10 Å². The van der Waals surface area contributed by atoms with Crippen molar-refractivity contribution in [3.63, 3.8) is 0 Å². The number of ether oxygens (including phenoxy) is 1. The summed E-state index contributed by atoms with van der Waals surface area (Å²) in [5.74, 6) is 0.299. The van der Waals surface area contributed by atoms with E-state index in [1.807, 2.05) is 29.7 Å². The number of hydrogen-bond acceptors (Lipinski definition) is 3. The first-order valence-corrected chi connectivity index (χ1v) is 9.29. The quantitative estimate of drug-likeness (QED) is 0.731. The van der Waals surface area contributed by atoms with Crippen LogP contribution in [-0.2, 0) is 19.7 Å². The van der Waals surface area contributed by atoms with E-state index in [1.54, 1.807) is 0 Å². The first-order chi connectivity index (χ1) is 12.5. The van der Waals surface area contributed by atoms with E-state index >= 15 is 0 Å². The highest BCUT2D eigenvalue weighted by Gasteiger charge is 2.18. The maximum atomic E-state index is 13.8. The third kappa shape index (κ3) is 5.04. The van der Waals surface area contributed by atoms with E-state index in [4.69, 9.17) is 4.74 Å². The van der Waals surface area contributed by atoms with Crippen LogP contribution in [0.15, 0.2) is 24.3 Å². The van der Waals surface area contributed by atoms with Gasteiger partial charge in [-0.15, -0.1) is 0 Å². The molecule has 1 heterocycles.